The number of nitrogens with one attached hydrogen (secondary N) is 2. The molecule has 2 N–H and O–H groups in total. The molecule has 0 atom stereocenters. The molecule has 1 aromatic rings. The maximum atomic E-state index is 11.6. The van der Waals surface area contributed by atoms with Gasteiger partial charge >= 0.3 is 6.03 Å². The van der Waals surface area contributed by atoms with Crippen LogP contribution in [0.4, 0.5) is 10.5 Å². The molecule has 1 aromatic carbocycles. The minimum Gasteiger partial charge on any atom is -0.334 e. The van der Waals surface area contributed by atoms with Gasteiger partial charge in [-0.05, 0) is 31.2 Å². The van der Waals surface area contributed by atoms with Gasteiger partial charge in [-0.3, -0.25) is 0 Å². The molecule has 0 heterocycles. The van der Waals surface area contributed by atoms with Gasteiger partial charge in [-0.1, -0.05) is 19.1 Å². The Morgan fingerprint density at radius 3 is 2.32 bits per heavy atom. The van der Waals surface area contributed by atoms with E-state index in [0.29, 0.717) is 12.2 Å². The Morgan fingerprint density at radius 2 is 1.84 bits per heavy atom. The summed E-state index contributed by atoms with van der Waals surface area (Å²) in [6, 6.07) is 5.72. The van der Waals surface area contributed by atoms with Crippen LogP contribution in [-0.2, 0) is 9.84 Å². The fraction of sp³-hybridized carbons (Fsp3) is 0.308. The largest absolute Gasteiger partial charge is 0.334 e. The number of rotatable bonds is 5. The van der Waals surface area contributed by atoms with Crippen LogP contribution in [-0.4, -0.2) is 26.7 Å². The van der Waals surface area contributed by atoms with Crippen LogP contribution < -0.4 is 10.6 Å². The maximum absolute atomic E-state index is 11.6. The first kappa shape index (κ1) is 15.2. The highest BCUT2D eigenvalue weighted by atomic mass is 32.2. The molecule has 0 bridgehead atoms. The van der Waals surface area contributed by atoms with E-state index in [4.69, 9.17) is 0 Å². The molecule has 0 aliphatic heterocycles. The SMILES string of the molecule is C=C(C)CNC(=O)Nc1ccc(S(=O)(=O)CC)cc1. The predicted octanol–water partition coefficient (Wildman–Crippen LogP) is 2.18. The zero-order valence-electron chi connectivity index (χ0n) is 11.1. The standard InChI is InChI=1S/C13H18N2O3S/c1-4-19(17,18)12-7-5-11(6-8-12)15-13(16)14-9-10(2)3/h5-8H,2,4,9H2,1,3H3,(H2,14,15,16). The topological polar surface area (TPSA) is 75.3 Å². The van der Waals surface area contributed by atoms with E-state index in [1.54, 1.807) is 19.1 Å². The highest BCUT2D eigenvalue weighted by Gasteiger charge is 2.11. The number of urea groups is 1. The molecule has 19 heavy (non-hydrogen) atoms. The highest BCUT2D eigenvalue weighted by Crippen LogP contribution is 2.15. The summed E-state index contributed by atoms with van der Waals surface area (Å²) in [5.74, 6) is 0.0544. The van der Waals surface area contributed by atoms with Gasteiger partial charge in [0.2, 0.25) is 0 Å². The summed E-state index contributed by atoms with van der Waals surface area (Å²) in [6.07, 6.45) is 0. The number of sulfone groups is 1. The van der Waals surface area contributed by atoms with Gasteiger partial charge in [-0.2, -0.15) is 0 Å². The minimum absolute atomic E-state index is 0.0544. The van der Waals surface area contributed by atoms with E-state index in [-0.39, 0.29) is 16.7 Å². The Hall–Kier alpha value is -1.82. The number of hydrogen-bond acceptors (Lipinski definition) is 3. The quantitative estimate of drug-likeness (QED) is 0.813. The Balaban J connectivity index is 2.67. The third-order valence-electron chi connectivity index (χ3n) is 2.40. The van der Waals surface area contributed by atoms with Crippen LogP contribution in [0.1, 0.15) is 13.8 Å². The van der Waals surface area contributed by atoms with Crippen molar-refractivity contribution in [3.05, 3.63) is 36.4 Å². The van der Waals surface area contributed by atoms with Gasteiger partial charge < -0.3 is 10.6 Å². The number of anilines is 1. The molecular formula is C13H18N2O3S. The van der Waals surface area contributed by atoms with E-state index in [1.165, 1.54) is 12.1 Å². The van der Waals surface area contributed by atoms with Crippen molar-refractivity contribution in [1.82, 2.24) is 5.32 Å². The summed E-state index contributed by atoms with van der Waals surface area (Å²) >= 11 is 0. The maximum Gasteiger partial charge on any atom is 0.319 e. The van der Waals surface area contributed by atoms with Crippen molar-refractivity contribution in [1.29, 1.82) is 0 Å². The summed E-state index contributed by atoms with van der Waals surface area (Å²) in [4.78, 5) is 11.7. The Morgan fingerprint density at radius 1 is 1.26 bits per heavy atom. The molecule has 0 aromatic heterocycles. The first-order valence-electron chi connectivity index (χ1n) is 5.87. The van der Waals surface area contributed by atoms with Crippen LogP contribution in [0, 0.1) is 0 Å². The monoisotopic (exact) mass is 282 g/mol. The van der Waals surface area contributed by atoms with E-state index >= 15 is 0 Å². The lowest BCUT2D eigenvalue weighted by Gasteiger charge is -2.08. The van der Waals surface area contributed by atoms with Crippen LogP contribution in [0.2, 0.25) is 0 Å². The van der Waals surface area contributed by atoms with Crippen molar-refractivity contribution in [2.45, 2.75) is 18.7 Å². The van der Waals surface area contributed by atoms with Crippen LogP contribution in [0.3, 0.4) is 0 Å². The smallest absolute Gasteiger partial charge is 0.319 e. The lowest BCUT2D eigenvalue weighted by Crippen LogP contribution is -2.29. The summed E-state index contributed by atoms with van der Waals surface area (Å²) < 4.78 is 23.2. The third-order valence-corrected chi connectivity index (χ3v) is 4.15. The van der Waals surface area contributed by atoms with E-state index in [2.05, 4.69) is 17.2 Å². The van der Waals surface area contributed by atoms with Gasteiger partial charge in [0, 0.05) is 12.2 Å². The van der Waals surface area contributed by atoms with Gasteiger partial charge in [0.05, 0.1) is 10.6 Å². The van der Waals surface area contributed by atoms with Gasteiger partial charge in [-0.15, -0.1) is 0 Å². The fourth-order valence-corrected chi connectivity index (χ4v) is 2.20. The van der Waals surface area contributed by atoms with Crippen molar-refractivity contribution >= 4 is 21.6 Å². The molecule has 0 spiro atoms. The van der Waals surface area contributed by atoms with Crippen molar-refractivity contribution in [3.63, 3.8) is 0 Å². The molecule has 104 valence electrons. The first-order chi connectivity index (χ1) is 8.85. The summed E-state index contributed by atoms with van der Waals surface area (Å²) in [7, 11) is -3.20. The van der Waals surface area contributed by atoms with Crippen LogP contribution in [0.5, 0.6) is 0 Å². The second-order valence-corrected chi connectivity index (χ2v) is 6.47. The summed E-state index contributed by atoms with van der Waals surface area (Å²) in [5, 5.41) is 5.23. The highest BCUT2D eigenvalue weighted by molar-refractivity contribution is 7.91. The lowest BCUT2D eigenvalue weighted by atomic mass is 10.3. The van der Waals surface area contributed by atoms with Crippen molar-refractivity contribution < 1.29 is 13.2 Å². The van der Waals surface area contributed by atoms with Crippen LogP contribution >= 0.6 is 0 Å². The molecular weight excluding hydrogens is 264 g/mol. The van der Waals surface area contributed by atoms with Crippen LogP contribution in [0.25, 0.3) is 0 Å². The van der Waals surface area contributed by atoms with Crippen molar-refractivity contribution in [2.75, 3.05) is 17.6 Å². The zero-order valence-corrected chi connectivity index (χ0v) is 11.9. The normalized spacial score (nSPS) is 10.8. The van der Waals surface area contributed by atoms with Crippen molar-refractivity contribution in [2.24, 2.45) is 0 Å². The summed E-state index contributed by atoms with van der Waals surface area (Å²) in [5.41, 5.74) is 1.38. The fourth-order valence-electron chi connectivity index (χ4n) is 1.32. The molecule has 0 aliphatic rings. The number of hydrogen-bond donors (Lipinski definition) is 2. The second kappa shape index (κ2) is 6.38. The van der Waals surface area contributed by atoms with E-state index < -0.39 is 9.84 Å². The molecule has 2 amide bonds. The van der Waals surface area contributed by atoms with E-state index in [0.717, 1.165) is 5.57 Å². The first-order valence-corrected chi connectivity index (χ1v) is 7.52. The van der Waals surface area contributed by atoms with Crippen molar-refractivity contribution in [3.8, 4) is 0 Å². The molecule has 1 rings (SSSR count). The third kappa shape index (κ3) is 4.75. The number of carbonyl (C=O) groups is 1. The van der Waals surface area contributed by atoms with Crippen LogP contribution in [0.15, 0.2) is 41.3 Å². The van der Waals surface area contributed by atoms with Gasteiger partial charge in [-0.25, -0.2) is 13.2 Å². The van der Waals surface area contributed by atoms with E-state index in [1.807, 2.05) is 6.92 Å². The molecule has 0 unspecified atom stereocenters. The molecule has 6 heteroatoms. The van der Waals surface area contributed by atoms with Gasteiger partial charge in [0.15, 0.2) is 9.84 Å². The Labute approximate surface area is 113 Å². The molecule has 0 radical (unpaired) electrons. The summed E-state index contributed by atoms with van der Waals surface area (Å²) in [6.45, 7) is 7.47. The Kier molecular flexibility index (Phi) is 5.11. The lowest BCUT2D eigenvalue weighted by molar-refractivity contribution is 0.253. The number of amides is 2. The zero-order chi connectivity index (χ0) is 14.5. The predicted molar refractivity (Wildman–Crippen MR) is 76.0 cm³/mol. The molecule has 0 fully saturated rings. The number of carbonyl (C=O) groups excluding carboxylic acids is 1. The van der Waals surface area contributed by atoms with Gasteiger partial charge in [0.1, 0.15) is 0 Å². The molecule has 0 saturated carbocycles. The minimum atomic E-state index is -3.20. The average molecular weight is 282 g/mol. The van der Waals surface area contributed by atoms with E-state index in [9.17, 15) is 13.2 Å². The molecule has 0 saturated heterocycles. The number of benzene rings is 1. The molecule has 5 nitrogen and oxygen atoms in total. The molecule has 0 aliphatic carbocycles. The second-order valence-electron chi connectivity index (χ2n) is 4.19. The Bertz CT molecular complexity index is 562. The average Bonchev–Trinajstić information content (AvgIpc) is 2.37. The van der Waals surface area contributed by atoms with Gasteiger partial charge in [0.25, 0.3) is 0 Å².